The Morgan fingerprint density at radius 2 is 2.00 bits per heavy atom. The molecule has 1 heterocycles. The van der Waals surface area contributed by atoms with Crippen LogP contribution in [0.3, 0.4) is 0 Å². The van der Waals surface area contributed by atoms with Crippen LogP contribution in [0.25, 0.3) is 0 Å². The Kier molecular flexibility index (Phi) is 4.33. The fraction of sp³-hybridized carbons (Fsp3) is 0.533. The number of halogens is 1. The van der Waals surface area contributed by atoms with Crippen LogP contribution in [-0.4, -0.2) is 31.1 Å². The van der Waals surface area contributed by atoms with Gasteiger partial charge in [-0.2, -0.15) is 0 Å². The highest BCUT2D eigenvalue weighted by atomic mass is 35.5. The molecular formula is C15H19ClN2O3. The SMILES string of the molecule is O=C(NC[C@@H]1COC2(CCCC2)O1)Nc1ccc(Cl)cc1. The zero-order chi connectivity index (χ0) is 14.7. The van der Waals surface area contributed by atoms with Gasteiger partial charge in [-0.15, -0.1) is 0 Å². The number of hydrogen-bond donors (Lipinski definition) is 2. The summed E-state index contributed by atoms with van der Waals surface area (Å²) in [6.45, 7) is 0.988. The van der Waals surface area contributed by atoms with Crippen molar-refractivity contribution in [3.8, 4) is 0 Å². The first kappa shape index (κ1) is 14.6. The zero-order valence-electron chi connectivity index (χ0n) is 11.7. The fourth-order valence-corrected chi connectivity index (χ4v) is 2.93. The first-order valence-electron chi connectivity index (χ1n) is 7.27. The molecule has 0 bridgehead atoms. The zero-order valence-corrected chi connectivity index (χ0v) is 12.5. The minimum absolute atomic E-state index is 0.0703. The molecule has 2 fully saturated rings. The summed E-state index contributed by atoms with van der Waals surface area (Å²) < 4.78 is 11.7. The van der Waals surface area contributed by atoms with E-state index in [-0.39, 0.29) is 17.9 Å². The minimum atomic E-state index is -0.376. The van der Waals surface area contributed by atoms with E-state index in [4.69, 9.17) is 21.1 Å². The van der Waals surface area contributed by atoms with E-state index in [9.17, 15) is 4.79 Å². The van der Waals surface area contributed by atoms with Gasteiger partial charge in [0.2, 0.25) is 0 Å². The van der Waals surface area contributed by atoms with E-state index in [1.54, 1.807) is 24.3 Å². The predicted molar refractivity (Wildman–Crippen MR) is 80.5 cm³/mol. The van der Waals surface area contributed by atoms with Gasteiger partial charge in [0, 0.05) is 30.1 Å². The van der Waals surface area contributed by atoms with Crippen molar-refractivity contribution in [2.75, 3.05) is 18.5 Å². The Bertz CT molecular complexity index is 500. The molecule has 1 spiro atoms. The molecule has 1 saturated carbocycles. The first-order valence-corrected chi connectivity index (χ1v) is 7.65. The average molecular weight is 311 g/mol. The molecule has 0 radical (unpaired) electrons. The number of benzene rings is 1. The van der Waals surface area contributed by atoms with E-state index in [1.807, 2.05) is 0 Å². The lowest BCUT2D eigenvalue weighted by molar-refractivity contribution is -0.160. The first-order chi connectivity index (χ1) is 10.2. The fourth-order valence-electron chi connectivity index (χ4n) is 2.81. The lowest BCUT2D eigenvalue weighted by atomic mass is 10.2. The van der Waals surface area contributed by atoms with Crippen LogP contribution in [0.2, 0.25) is 5.02 Å². The molecule has 114 valence electrons. The van der Waals surface area contributed by atoms with E-state index < -0.39 is 0 Å². The van der Waals surface area contributed by atoms with Crippen LogP contribution in [0.1, 0.15) is 25.7 Å². The Labute approximate surface area is 128 Å². The van der Waals surface area contributed by atoms with Gasteiger partial charge in [-0.05, 0) is 37.1 Å². The second-order valence-electron chi connectivity index (χ2n) is 5.51. The third-order valence-electron chi connectivity index (χ3n) is 3.87. The van der Waals surface area contributed by atoms with Gasteiger partial charge < -0.3 is 20.1 Å². The number of urea groups is 1. The van der Waals surface area contributed by atoms with Crippen molar-refractivity contribution < 1.29 is 14.3 Å². The summed E-state index contributed by atoms with van der Waals surface area (Å²) in [6, 6.07) is 6.72. The predicted octanol–water partition coefficient (Wildman–Crippen LogP) is 3.15. The molecule has 5 nitrogen and oxygen atoms in total. The van der Waals surface area contributed by atoms with Crippen LogP contribution in [0.4, 0.5) is 10.5 Å². The highest BCUT2D eigenvalue weighted by Crippen LogP contribution is 2.38. The van der Waals surface area contributed by atoms with E-state index in [2.05, 4.69) is 10.6 Å². The Hall–Kier alpha value is -1.30. The summed E-state index contributed by atoms with van der Waals surface area (Å²) in [5.41, 5.74) is 0.702. The van der Waals surface area contributed by atoms with Crippen LogP contribution < -0.4 is 10.6 Å². The molecule has 1 aromatic rings. The van der Waals surface area contributed by atoms with Crippen molar-refractivity contribution >= 4 is 23.3 Å². The van der Waals surface area contributed by atoms with Crippen LogP contribution >= 0.6 is 11.6 Å². The minimum Gasteiger partial charge on any atom is -0.347 e. The number of amides is 2. The van der Waals surface area contributed by atoms with Crippen molar-refractivity contribution in [1.29, 1.82) is 0 Å². The van der Waals surface area contributed by atoms with Crippen LogP contribution in [0.15, 0.2) is 24.3 Å². The Morgan fingerprint density at radius 1 is 1.29 bits per heavy atom. The van der Waals surface area contributed by atoms with E-state index in [0.29, 0.717) is 23.9 Å². The molecule has 2 N–H and O–H groups in total. The third-order valence-corrected chi connectivity index (χ3v) is 4.12. The molecule has 1 saturated heterocycles. The molecule has 3 rings (SSSR count). The van der Waals surface area contributed by atoms with Gasteiger partial charge in [-0.3, -0.25) is 0 Å². The molecule has 21 heavy (non-hydrogen) atoms. The van der Waals surface area contributed by atoms with Crippen molar-refractivity contribution in [3.05, 3.63) is 29.3 Å². The van der Waals surface area contributed by atoms with Crippen molar-refractivity contribution in [3.63, 3.8) is 0 Å². The number of anilines is 1. The average Bonchev–Trinajstić information content (AvgIpc) is 3.10. The number of carbonyl (C=O) groups is 1. The van der Waals surface area contributed by atoms with E-state index in [1.165, 1.54) is 0 Å². The maximum absolute atomic E-state index is 11.8. The highest BCUT2D eigenvalue weighted by Gasteiger charge is 2.43. The summed E-state index contributed by atoms with van der Waals surface area (Å²) in [5.74, 6) is -0.376. The smallest absolute Gasteiger partial charge is 0.319 e. The summed E-state index contributed by atoms with van der Waals surface area (Å²) in [6.07, 6.45) is 4.15. The van der Waals surface area contributed by atoms with Gasteiger partial charge in [-0.25, -0.2) is 4.79 Å². The van der Waals surface area contributed by atoms with Crippen LogP contribution in [0, 0.1) is 0 Å². The lowest BCUT2D eigenvalue weighted by Gasteiger charge is -2.21. The molecule has 1 aliphatic heterocycles. The molecule has 2 amide bonds. The van der Waals surface area contributed by atoms with Gasteiger partial charge in [0.15, 0.2) is 5.79 Å². The summed E-state index contributed by atoms with van der Waals surface area (Å²) in [4.78, 5) is 11.8. The molecule has 1 aromatic carbocycles. The Balaban J connectivity index is 1.43. The number of nitrogens with one attached hydrogen (secondary N) is 2. The topological polar surface area (TPSA) is 59.6 Å². The second kappa shape index (κ2) is 6.22. The van der Waals surface area contributed by atoms with Crippen LogP contribution in [0.5, 0.6) is 0 Å². The Morgan fingerprint density at radius 3 is 2.71 bits per heavy atom. The maximum atomic E-state index is 11.8. The van der Waals surface area contributed by atoms with Crippen molar-refractivity contribution in [1.82, 2.24) is 5.32 Å². The summed E-state index contributed by atoms with van der Waals surface area (Å²) in [5, 5.41) is 6.19. The molecule has 2 aliphatic rings. The number of rotatable bonds is 3. The van der Waals surface area contributed by atoms with Crippen molar-refractivity contribution in [2.24, 2.45) is 0 Å². The van der Waals surface area contributed by atoms with Crippen molar-refractivity contribution in [2.45, 2.75) is 37.6 Å². The number of carbonyl (C=O) groups excluding carboxylic acids is 1. The standard InChI is InChI=1S/C15H19ClN2O3/c16-11-3-5-12(6-4-11)18-14(19)17-9-13-10-20-15(21-13)7-1-2-8-15/h3-6,13H,1-2,7-10H2,(H2,17,18,19)/t13-/m1/s1. The van der Waals surface area contributed by atoms with Gasteiger partial charge >= 0.3 is 6.03 Å². The van der Waals surface area contributed by atoms with E-state index >= 15 is 0 Å². The van der Waals surface area contributed by atoms with Gasteiger partial charge in [0.1, 0.15) is 6.10 Å². The quantitative estimate of drug-likeness (QED) is 0.901. The van der Waals surface area contributed by atoms with Crippen LogP contribution in [-0.2, 0) is 9.47 Å². The second-order valence-corrected chi connectivity index (χ2v) is 5.95. The molecule has 1 aliphatic carbocycles. The van der Waals surface area contributed by atoms with Gasteiger partial charge in [0.05, 0.1) is 6.61 Å². The lowest BCUT2D eigenvalue weighted by Crippen LogP contribution is -2.37. The molecule has 0 unspecified atom stereocenters. The maximum Gasteiger partial charge on any atom is 0.319 e. The number of hydrogen-bond acceptors (Lipinski definition) is 3. The third kappa shape index (κ3) is 3.67. The summed E-state index contributed by atoms with van der Waals surface area (Å²) >= 11 is 5.80. The van der Waals surface area contributed by atoms with Gasteiger partial charge in [0.25, 0.3) is 0 Å². The molecule has 6 heteroatoms. The van der Waals surface area contributed by atoms with E-state index in [0.717, 1.165) is 25.7 Å². The number of ether oxygens (including phenoxy) is 2. The van der Waals surface area contributed by atoms with Gasteiger partial charge in [-0.1, -0.05) is 11.6 Å². The monoisotopic (exact) mass is 310 g/mol. The molecule has 1 atom stereocenters. The molecule has 0 aromatic heterocycles. The largest absolute Gasteiger partial charge is 0.347 e. The summed E-state index contributed by atoms with van der Waals surface area (Å²) in [7, 11) is 0. The highest BCUT2D eigenvalue weighted by molar-refractivity contribution is 6.30. The molecular weight excluding hydrogens is 292 g/mol. The normalized spacial score (nSPS) is 23.4.